The van der Waals surface area contributed by atoms with Gasteiger partial charge in [-0.3, -0.25) is 23.2 Å². The van der Waals surface area contributed by atoms with Crippen molar-refractivity contribution in [1.29, 1.82) is 0 Å². The molecule has 0 spiro atoms. The van der Waals surface area contributed by atoms with Crippen LogP contribution in [-0.4, -0.2) is 114 Å². The highest BCUT2D eigenvalue weighted by Crippen LogP contribution is 2.49. The quantitative estimate of drug-likeness (QED) is 0.0124. The lowest BCUT2D eigenvalue weighted by Gasteiger charge is -2.43. The van der Waals surface area contributed by atoms with Crippen molar-refractivity contribution in [2.75, 3.05) is 13.2 Å². The Morgan fingerprint density at radius 3 is 1.41 bits per heavy atom. The predicted molar refractivity (Wildman–Crippen MR) is 270 cm³/mol. The van der Waals surface area contributed by atoms with Crippen LogP contribution < -0.4 is 0 Å². The van der Waals surface area contributed by atoms with E-state index in [1.54, 1.807) is 6.92 Å². The summed E-state index contributed by atoms with van der Waals surface area (Å²) in [5.41, 5.74) is 0. The molecule has 1 aliphatic carbocycles. The first kappa shape index (κ1) is 64.6. The first-order valence-electron chi connectivity index (χ1n) is 24.5. The molecule has 0 aromatic carbocycles. The summed E-state index contributed by atoms with van der Waals surface area (Å²) in [5.74, 6) is -1.34. The van der Waals surface area contributed by atoms with Crippen LogP contribution in [0.15, 0.2) is 109 Å². The van der Waals surface area contributed by atoms with E-state index in [2.05, 4.69) is 103 Å². The predicted octanol–water partition coefficient (Wildman–Crippen LogP) is 8.70. The molecule has 9 atom stereocenters. The maximum atomic E-state index is 13.0. The Labute approximate surface area is 415 Å². The molecule has 70 heavy (non-hydrogen) atoms. The first-order chi connectivity index (χ1) is 33.5. The van der Waals surface area contributed by atoms with Crippen molar-refractivity contribution >= 4 is 27.6 Å². The molecule has 0 bridgehead atoms. The second kappa shape index (κ2) is 40.1. The molecule has 8 N–H and O–H groups in total. The zero-order chi connectivity index (χ0) is 51.9. The minimum Gasteiger partial charge on any atom is -0.462 e. The van der Waals surface area contributed by atoms with E-state index in [0.29, 0.717) is 25.7 Å². The Morgan fingerprint density at radius 1 is 0.514 bits per heavy atom. The zero-order valence-electron chi connectivity index (χ0n) is 41.0. The van der Waals surface area contributed by atoms with Crippen LogP contribution in [0.5, 0.6) is 0 Å². The Morgan fingerprint density at radius 2 is 0.943 bits per heavy atom. The van der Waals surface area contributed by atoms with Gasteiger partial charge in [0.1, 0.15) is 43.2 Å². The van der Waals surface area contributed by atoms with Crippen LogP contribution in [0.25, 0.3) is 0 Å². The lowest BCUT2D eigenvalue weighted by molar-refractivity contribution is -0.216. The van der Waals surface area contributed by atoms with Gasteiger partial charge in [-0.2, -0.15) is 0 Å². The minimum atomic E-state index is -5.38. The van der Waals surface area contributed by atoms with Crippen LogP contribution in [0.2, 0.25) is 0 Å². The van der Waals surface area contributed by atoms with Crippen LogP contribution in [0.4, 0.5) is 0 Å². The van der Waals surface area contributed by atoms with Crippen LogP contribution in [0, 0.1) is 0 Å². The molecule has 0 amide bonds. The van der Waals surface area contributed by atoms with Gasteiger partial charge < -0.3 is 49.7 Å². The number of rotatable bonds is 39. The van der Waals surface area contributed by atoms with E-state index in [1.807, 2.05) is 18.2 Å². The molecule has 0 aromatic rings. The Balaban J connectivity index is 2.65. The number of phosphoric ester groups is 2. The number of carbonyl (C=O) groups excluding carboxylic acids is 2. The second-order valence-electron chi connectivity index (χ2n) is 16.7. The molecule has 1 rings (SSSR count). The molecule has 1 fully saturated rings. The number of hydrogen-bond acceptors (Lipinski definition) is 14. The number of unbranched alkanes of at least 4 members (excludes halogenated alkanes) is 5. The summed E-state index contributed by atoms with van der Waals surface area (Å²) in [5, 5.41) is 50.6. The zero-order valence-corrected chi connectivity index (χ0v) is 42.8. The summed E-state index contributed by atoms with van der Waals surface area (Å²) >= 11 is 0. The largest absolute Gasteiger partial charge is 0.472 e. The molecular weight excluding hydrogens is 946 g/mol. The Kier molecular flexibility index (Phi) is 37.1. The summed E-state index contributed by atoms with van der Waals surface area (Å²) in [6.45, 7) is 2.46. The smallest absolute Gasteiger partial charge is 0.462 e. The highest BCUT2D eigenvalue weighted by Gasteiger charge is 2.54. The van der Waals surface area contributed by atoms with Crippen molar-refractivity contribution < 1.29 is 82.0 Å². The molecule has 0 aromatic heterocycles. The van der Waals surface area contributed by atoms with E-state index in [-0.39, 0.29) is 18.9 Å². The van der Waals surface area contributed by atoms with E-state index in [9.17, 15) is 58.9 Å². The molecule has 19 heteroatoms. The van der Waals surface area contributed by atoms with Gasteiger partial charge in [-0.15, -0.1) is 0 Å². The maximum Gasteiger partial charge on any atom is 0.472 e. The molecule has 0 heterocycles. The molecule has 1 aliphatic rings. The number of aliphatic hydroxyl groups excluding tert-OH is 5. The van der Waals surface area contributed by atoms with Crippen LogP contribution in [0.1, 0.15) is 136 Å². The molecule has 0 aliphatic heterocycles. The highest BCUT2D eigenvalue weighted by molar-refractivity contribution is 7.47. The van der Waals surface area contributed by atoms with Crippen molar-refractivity contribution in [1.82, 2.24) is 0 Å². The van der Waals surface area contributed by atoms with Gasteiger partial charge in [0.15, 0.2) is 6.10 Å². The minimum absolute atomic E-state index is 0.0183. The summed E-state index contributed by atoms with van der Waals surface area (Å²) in [4.78, 5) is 54.3. The third-order valence-corrected chi connectivity index (χ3v) is 11.9. The van der Waals surface area contributed by atoms with Gasteiger partial charge in [0.25, 0.3) is 0 Å². The van der Waals surface area contributed by atoms with Gasteiger partial charge >= 0.3 is 27.6 Å². The average Bonchev–Trinajstić information content (AvgIpc) is 3.30. The number of aliphatic hydroxyl groups is 5. The van der Waals surface area contributed by atoms with E-state index >= 15 is 0 Å². The standard InChI is InChI=1S/C51H82O17P2/c1-3-4-5-6-7-8-9-10-11-12-13-14-17-21-24-27-30-33-36-39-45(54)66-43(41-65-70(62,63)68-51-48(57)46(55)47(56)50(49(51)58)67-69(59,60)61)40-64-44(53)38-35-32-29-26-23-20-18-15-16-19-22-25-28-31-34-37-42(2)52/h4-5,7-8,10-11,13-14,16,18-21,24-26,28-29,42-43,46-52,55-58H,3,6,9,12,15,17,22-23,27,30-41H2,1-2H3,(H,62,63)(H2,59,60,61)/b5-4-,8-7-,11-10-,14-13-,19-16-,20-18-,24-21-,28-25-,29-26-/t42-,43-,46?,47?,48?,49?,50-,51+/m1/s1. The monoisotopic (exact) mass is 1030 g/mol. The Hall–Kier alpha value is -3.38. The molecule has 17 nitrogen and oxygen atoms in total. The second-order valence-corrected chi connectivity index (χ2v) is 19.3. The normalized spacial score (nSPS) is 22.4. The van der Waals surface area contributed by atoms with Crippen LogP contribution in [-0.2, 0) is 41.8 Å². The van der Waals surface area contributed by atoms with E-state index in [1.165, 1.54) is 0 Å². The third kappa shape index (κ3) is 34.9. The number of ether oxygens (including phenoxy) is 2. The maximum absolute atomic E-state index is 13.0. The van der Waals surface area contributed by atoms with Gasteiger partial charge in [-0.05, 0) is 110 Å². The van der Waals surface area contributed by atoms with Gasteiger partial charge in [-0.1, -0.05) is 123 Å². The molecule has 398 valence electrons. The number of allylic oxidation sites excluding steroid dienone is 18. The summed E-state index contributed by atoms with van der Waals surface area (Å²) in [6, 6.07) is 0. The highest BCUT2D eigenvalue weighted by atomic mass is 31.2. The topological polar surface area (TPSA) is 276 Å². The molecule has 0 saturated heterocycles. The van der Waals surface area contributed by atoms with Gasteiger partial charge in [-0.25, -0.2) is 9.13 Å². The summed E-state index contributed by atoms with van der Waals surface area (Å²) in [6.07, 6.45) is 36.0. The van der Waals surface area contributed by atoms with Crippen molar-refractivity contribution in [3.63, 3.8) is 0 Å². The van der Waals surface area contributed by atoms with Gasteiger partial charge in [0.2, 0.25) is 0 Å². The van der Waals surface area contributed by atoms with E-state index in [4.69, 9.17) is 18.5 Å². The fourth-order valence-corrected chi connectivity index (χ4v) is 8.13. The Bertz CT molecular complexity index is 1780. The summed E-state index contributed by atoms with van der Waals surface area (Å²) < 4.78 is 49.3. The molecule has 1 saturated carbocycles. The first-order valence-corrected chi connectivity index (χ1v) is 27.5. The SMILES string of the molecule is CC/C=C\C/C=C\C/C=C\C/C=C\C/C=C\CCCCCC(=O)O[C@H](COC(=O)CCC/C=C\C/C=C\C/C=C\C/C=C\CCC[C@@H](C)O)COP(=O)(O)O[C@H]1C(O)C(O)C(O)[C@@H](OP(=O)(O)O)C1O. The third-order valence-electron chi connectivity index (χ3n) is 10.3. The lowest BCUT2D eigenvalue weighted by Crippen LogP contribution is -2.64. The number of carbonyl (C=O) groups is 2. The molecular formula is C51H82O17P2. The van der Waals surface area contributed by atoms with Gasteiger partial charge in [0.05, 0.1) is 12.7 Å². The van der Waals surface area contributed by atoms with Crippen molar-refractivity contribution in [3.8, 4) is 0 Å². The van der Waals surface area contributed by atoms with Crippen LogP contribution in [0.3, 0.4) is 0 Å². The van der Waals surface area contributed by atoms with E-state index in [0.717, 1.165) is 83.5 Å². The summed E-state index contributed by atoms with van der Waals surface area (Å²) in [7, 11) is -10.7. The molecule has 5 unspecified atom stereocenters. The molecule has 0 radical (unpaired) electrons. The van der Waals surface area contributed by atoms with Crippen molar-refractivity contribution in [2.24, 2.45) is 0 Å². The fourth-order valence-electron chi connectivity index (χ4n) is 6.59. The van der Waals surface area contributed by atoms with Crippen LogP contribution >= 0.6 is 15.6 Å². The fraction of sp³-hybridized carbons (Fsp3) is 0.608. The van der Waals surface area contributed by atoms with Gasteiger partial charge in [0, 0.05) is 12.8 Å². The van der Waals surface area contributed by atoms with Crippen molar-refractivity contribution in [3.05, 3.63) is 109 Å². The average molecular weight is 1030 g/mol. The number of hydrogen-bond donors (Lipinski definition) is 8. The number of esters is 2. The van der Waals surface area contributed by atoms with E-state index < -0.39 is 83.5 Å². The van der Waals surface area contributed by atoms with Crippen molar-refractivity contribution in [2.45, 2.75) is 185 Å². The number of phosphoric acid groups is 2. The lowest BCUT2D eigenvalue weighted by atomic mass is 9.85.